The number of nitrogens with one attached hydrogen (secondary N) is 1. The highest BCUT2D eigenvalue weighted by Gasteiger charge is 2.18. The van der Waals surface area contributed by atoms with Crippen molar-refractivity contribution >= 4 is 28.1 Å². The second kappa shape index (κ2) is 5.01. The quantitative estimate of drug-likeness (QED) is 0.826. The Labute approximate surface area is 116 Å². The van der Waals surface area contributed by atoms with Gasteiger partial charge in [0.25, 0.3) is 5.91 Å². The Morgan fingerprint density at radius 3 is 2.42 bits per heavy atom. The number of amides is 1. The van der Waals surface area contributed by atoms with Gasteiger partial charge in [-0.15, -0.1) is 11.3 Å². The van der Waals surface area contributed by atoms with Gasteiger partial charge in [0.05, 0.1) is 5.69 Å². The summed E-state index contributed by atoms with van der Waals surface area (Å²) in [6.07, 6.45) is 0. The van der Waals surface area contributed by atoms with Gasteiger partial charge >= 0.3 is 0 Å². The van der Waals surface area contributed by atoms with Crippen LogP contribution in [-0.2, 0) is 5.41 Å². The molecule has 0 unspecified atom stereocenters. The number of aromatic nitrogens is 1. The fourth-order valence-corrected chi connectivity index (χ4v) is 2.41. The number of carbonyl (C=O) groups excluding carboxylic acids is 1. The molecule has 0 radical (unpaired) electrons. The van der Waals surface area contributed by atoms with Crippen molar-refractivity contribution in [2.45, 2.75) is 26.2 Å². The van der Waals surface area contributed by atoms with Crippen molar-refractivity contribution in [3.05, 3.63) is 40.9 Å². The van der Waals surface area contributed by atoms with Crippen molar-refractivity contribution in [3.63, 3.8) is 0 Å². The van der Waals surface area contributed by atoms with Gasteiger partial charge in [0.2, 0.25) is 0 Å². The van der Waals surface area contributed by atoms with Gasteiger partial charge in [-0.25, -0.2) is 4.98 Å². The highest BCUT2D eigenvalue weighted by Crippen LogP contribution is 2.26. The fraction of sp³-hybridized carbons (Fsp3) is 0.286. The molecule has 1 aromatic carbocycles. The smallest absolute Gasteiger partial charge is 0.257 e. The van der Waals surface area contributed by atoms with Gasteiger partial charge in [-0.2, -0.15) is 0 Å². The van der Waals surface area contributed by atoms with E-state index < -0.39 is 0 Å². The standard InChI is InChI=1S/C14H17N3OS/c1-14(2,3)11-8-19-13(16-11)17-12(18)9-4-6-10(15)7-5-9/h4-8H,15H2,1-3H3,(H,16,17,18). The molecule has 3 N–H and O–H groups in total. The van der Waals surface area contributed by atoms with Gasteiger partial charge < -0.3 is 5.73 Å². The highest BCUT2D eigenvalue weighted by atomic mass is 32.1. The van der Waals surface area contributed by atoms with Gasteiger partial charge in [0.15, 0.2) is 5.13 Å². The first-order chi connectivity index (χ1) is 8.86. The van der Waals surface area contributed by atoms with Crippen LogP contribution >= 0.6 is 11.3 Å². The summed E-state index contributed by atoms with van der Waals surface area (Å²) in [6, 6.07) is 6.81. The number of hydrogen-bond acceptors (Lipinski definition) is 4. The van der Waals surface area contributed by atoms with Crippen LogP contribution in [0.1, 0.15) is 36.8 Å². The number of rotatable bonds is 2. The van der Waals surface area contributed by atoms with E-state index >= 15 is 0 Å². The SMILES string of the molecule is CC(C)(C)c1csc(NC(=O)c2ccc(N)cc2)n1. The molecule has 0 bridgehead atoms. The van der Waals surface area contributed by atoms with E-state index in [4.69, 9.17) is 5.73 Å². The van der Waals surface area contributed by atoms with Crippen LogP contribution in [0, 0.1) is 0 Å². The summed E-state index contributed by atoms with van der Waals surface area (Å²) in [6.45, 7) is 6.27. The average molecular weight is 275 g/mol. The molecule has 19 heavy (non-hydrogen) atoms. The molecule has 0 atom stereocenters. The lowest BCUT2D eigenvalue weighted by atomic mass is 9.93. The third-order valence-corrected chi connectivity index (χ3v) is 3.42. The van der Waals surface area contributed by atoms with Crippen LogP contribution in [0.4, 0.5) is 10.8 Å². The predicted octanol–water partition coefficient (Wildman–Crippen LogP) is 3.28. The van der Waals surface area contributed by atoms with Crippen molar-refractivity contribution in [1.29, 1.82) is 0 Å². The number of nitrogens with two attached hydrogens (primary N) is 1. The number of nitrogens with zero attached hydrogens (tertiary/aromatic N) is 1. The van der Waals surface area contributed by atoms with Gasteiger partial charge in [-0.05, 0) is 24.3 Å². The maximum atomic E-state index is 12.0. The molecule has 4 nitrogen and oxygen atoms in total. The topological polar surface area (TPSA) is 68.0 Å². The van der Waals surface area contributed by atoms with Crippen molar-refractivity contribution < 1.29 is 4.79 Å². The zero-order valence-electron chi connectivity index (χ0n) is 11.2. The van der Waals surface area contributed by atoms with Crippen LogP contribution in [0.3, 0.4) is 0 Å². The maximum absolute atomic E-state index is 12.0. The minimum Gasteiger partial charge on any atom is -0.399 e. The van der Waals surface area contributed by atoms with E-state index in [1.807, 2.05) is 5.38 Å². The van der Waals surface area contributed by atoms with Crippen LogP contribution in [0.15, 0.2) is 29.6 Å². The summed E-state index contributed by atoms with van der Waals surface area (Å²) in [5.74, 6) is -0.171. The van der Waals surface area contributed by atoms with Crippen molar-refractivity contribution in [2.24, 2.45) is 0 Å². The highest BCUT2D eigenvalue weighted by molar-refractivity contribution is 7.14. The largest absolute Gasteiger partial charge is 0.399 e. The second-order valence-corrected chi connectivity index (χ2v) is 6.22. The van der Waals surface area contributed by atoms with E-state index in [0.717, 1.165) is 5.69 Å². The third kappa shape index (κ3) is 3.32. The predicted molar refractivity (Wildman–Crippen MR) is 79.6 cm³/mol. The molecule has 5 heteroatoms. The lowest BCUT2D eigenvalue weighted by Gasteiger charge is -2.14. The summed E-state index contributed by atoms with van der Waals surface area (Å²) < 4.78 is 0. The van der Waals surface area contributed by atoms with Crippen molar-refractivity contribution in [1.82, 2.24) is 4.98 Å². The number of benzene rings is 1. The Morgan fingerprint density at radius 1 is 1.26 bits per heavy atom. The Balaban J connectivity index is 2.11. The molecule has 0 aliphatic heterocycles. The minimum absolute atomic E-state index is 0.0132. The van der Waals surface area contributed by atoms with E-state index in [1.54, 1.807) is 24.3 Å². The van der Waals surface area contributed by atoms with Gasteiger partial charge in [0, 0.05) is 22.0 Å². The molecule has 0 saturated heterocycles. The van der Waals surface area contributed by atoms with E-state index in [0.29, 0.717) is 16.4 Å². The molecule has 1 aromatic heterocycles. The number of nitrogen functional groups attached to an aromatic ring is 1. The van der Waals surface area contributed by atoms with Crippen LogP contribution in [0.25, 0.3) is 0 Å². The molecular formula is C14H17N3OS. The van der Waals surface area contributed by atoms with E-state index in [2.05, 4.69) is 31.1 Å². The lowest BCUT2D eigenvalue weighted by molar-refractivity contribution is 0.102. The van der Waals surface area contributed by atoms with Crippen LogP contribution in [0.5, 0.6) is 0 Å². The number of carbonyl (C=O) groups is 1. The summed E-state index contributed by atoms with van der Waals surface area (Å²) in [5.41, 5.74) is 7.76. The molecule has 0 aliphatic rings. The molecule has 2 rings (SSSR count). The Morgan fingerprint density at radius 2 is 1.89 bits per heavy atom. The summed E-state index contributed by atoms with van der Waals surface area (Å²) in [4.78, 5) is 16.4. The van der Waals surface area contributed by atoms with E-state index in [9.17, 15) is 4.79 Å². The van der Waals surface area contributed by atoms with Gasteiger partial charge in [0.1, 0.15) is 0 Å². The first kappa shape index (κ1) is 13.5. The van der Waals surface area contributed by atoms with Crippen molar-refractivity contribution in [2.75, 3.05) is 11.1 Å². The van der Waals surface area contributed by atoms with Gasteiger partial charge in [-0.3, -0.25) is 10.1 Å². The molecule has 1 amide bonds. The molecule has 0 saturated carbocycles. The number of anilines is 2. The Kier molecular flexibility index (Phi) is 3.57. The molecule has 0 aliphatic carbocycles. The number of thiazole rings is 1. The molecule has 2 aromatic rings. The molecule has 0 spiro atoms. The first-order valence-corrected chi connectivity index (χ1v) is 6.87. The molecule has 1 heterocycles. The zero-order valence-corrected chi connectivity index (χ0v) is 12.0. The molecular weight excluding hydrogens is 258 g/mol. The van der Waals surface area contributed by atoms with Crippen LogP contribution in [0.2, 0.25) is 0 Å². The molecule has 0 fully saturated rings. The zero-order chi connectivity index (χ0) is 14.0. The van der Waals surface area contributed by atoms with E-state index in [1.165, 1.54) is 11.3 Å². The summed E-state index contributed by atoms with van der Waals surface area (Å²) in [5, 5.41) is 5.39. The Hall–Kier alpha value is -1.88. The number of hydrogen-bond donors (Lipinski definition) is 2. The molecule has 100 valence electrons. The summed E-state index contributed by atoms with van der Waals surface area (Å²) in [7, 11) is 0. The average Bonchev–Trinajstić information content (AvgIpc) is 2.78. The van der Waals surface area contributed by atoms with Gasteiger partial charge in [-0.1, -0.05) is 20.8 Å². The first-order valence-electron chi connectivity index (χ1n) is 5.99. The fourth-order valence-electron chi connectivity index (χ4n) is 1.48. The van der Waals surface area contributed by atoms with Crippen molar-refractivity contribution in [3.8, 4) is 0 Å². The monoisotopic (exact) mass is 275 g/mol. The lowest BCUT2D eigenvalue weighted by Crippen LogP contribution is -2.14. The van der Waals surface area contributed by atoms with Crippen LogP contribution in [-0.4, -0.2) is 10.9 Å². The third-order valence-electron chi connectivity index (χ3n) is 2.67. The maximum Gasteiger partial charge on any atom is 0.257 e. The minimum atomic E-state index is -0.171. The normalized spacial score (nSPS) is 11.3. The Bertz CT molecular complexity index is 581. The second-order valence-electron chi connectivity index (χ2n) is 5.36. The summed E-state index contributed by atoms with van der Waals surface area (Å²) >= 11 is 1.43. The van der Waals surface area contributed by atoms with E-state index in [-0.39, 0.29) is 11.3 Å². The van der Waals surface area contributed by atoms with Crippen LogP contribution < -0.4 is 11.1 Å².